The summed E-state index contributed by atoms with van der Waals surface area (Å²) in [6.45, 7) is 13.7. The maximum absolute atomic E-state index is 12.0. The summed E-state index contributed by atoms with van der Waals surface area (Å²) in [5.41, 5.74) is -0.00979. The molecule has 0 aromatic rings. The van der Waals surface area contributed by atoms with E-state index in [2.05, 4.69) is 37.0 Å². The van der Waals surface area contributed by atoms with E-state index in [9.17, 15) is 4.79 Å². The second-order valence-electron chi connectivity index (χ2n) is 7.35. The predicted molar refractivity (Wildman–Crippen MR) is 97.4 cm³/mol. The van der Waals surface area contributed by atoms with Crippen LogP contribution in [0.5, 0.6) is 0 Å². The molecule has 0 bridgehead atoms. The van der Waals surface area contributed by atoms with Crippen molar-refractivity contribution in [3.63, 3.8) is 0 Å². The molecule has 1 amide bonds. The summed E-state index contributed by atoms with van der Waals surface area (Å²) < 4.78 is 5.93. The van der Waals surface area contributed by atoms with Crippen molar-refractivity contribution in [2.24, 2.45) is 16.3 Å². The van der Waals surface area contributed by atoms with E-state index >= 15 is 0 Å². The lowest BCUT2D eigenvalue weighted by Gasteiger charge is -2.28. The molecule has 23 heavy (non-hydrogen) atoms. The fourth-order valence-electron chi connectivity index (χ4n) is 1.74. The van der Waals surface area contributed by atoms with Crippen molar-refractivity contribution in [2.45, 2.75) is 60.0 Å². The SMILES string of the molecule is C#CC(C=CN=CC)C(=O)NCCC(C)(C)OCCC(C)(C)C. The van der Waals surface area contributed by atoms with Gasteiger partial charge in [0.15, 0.2) is 0 Å². The van der Waals surface area contributed by atoms with Crippen molar-refractivity contribution in [3.05, 3.63) is 12.3 Å². The minimum absolute atomic E-state index is 0.180. The zero-order valence-corrected chi connectivity index (χ0v) is 15.5. The van der Waals surface area contributed by atoms with E-state index in [1.165, 1.54) is 0 Å². The highest BCUT2D eigenvalue weighted by Gasteiger charge is 2.21. The van der Waals surface area contributed by atoms with Gasteiger partial charge in [0, 0.05) is 25.6 Å². The maximum Gasteiger partial charge on any atom is 0.239 e. The van der Waals surface area contributed by atoms with Gasteiger partial charge in [0.05, 0.1) is 5.60 Å². The summed E-state index contributed by atoms with van der Waals surface area (Å²) >= 11 is 0. The van der Waals surface area contributed by atoms with Crippen molar-refractivity contribution >= 4 is 12.1 Å². The van der Waals surface area contributed by atoms with E-state index in [-0.39, 0.29) is 16.9 Å². The number of nitrogens with one attached hydrogen (secondary N) is 1. The van der Waals surface area contributed by atoms with Crippen LogP contribution in [0.3, 0.4) is 0 Å². The van der Waals surface area contributed by atoms with Crippen LogP contribution in [-0.4, -0.2) is 30.9 Å². The average Bonchev–Trinajstić information content (AvgIpc) is 2.41. The second kappa shape index (κ2) is 10.2. The van der Waals surface area contributed by atoms with Gasteiger partial charge in [-0.05, 0) is 45.1 Å². The quantitative estimate of drug-likeness (QED) is 0.521. The molecule has 0 aromatic carbocycles. The Morgan fingerprint density at radius 1 is 1.30 bits per heavy atom. The zero-order chi connectivity index (χ0) is 17.9. The topological polar surface area (TPSA) is 50.7 Å². The van der Waals surface area contributed by atoms with Gasteiger partial charge < -0.3 is 10.1 Å². The Morgan fingerprint density at radius 3 is 2.48 bits per heavy atom. The molecule has 0 saturated carbocycles. The molecule has 0 saturated heterocycles. The Bertz CT molecular complexity index is 451. The molecule has 0 aromatic heterocycles. The van der Waals surface area contributed by atoms with Crippen LogP contribution in [0.4, 0.5) is 0 Å². The molecule has 0 fully saturated rings. The highest BCUT2D eigenvalue weighted by Crippen LogP contribution is 2.21. The minimum atomic E-state index is -0.594. The van der Waals surface area contributed by atoms with Gasteiger partial charge in [0.2, 0.25) is 5.91 Å². The first-order valence-electron chi connectivity index (χ1n) is 8.13. The molecule has 1 unspecified atom stereocenters. The minimum Gasteiger partial charge on any atom is -0.375 e. The van der Waals surface area contributed by atoms with Crippen molar-refractivity contribution in [1.82, 2.24) is 5.32 Å². The molecule has 0 heterocycles. The predicted octanol–water partition coefficient (Wildman–Crippen LogP) is 3.58. The summed E-state index contributed by atoms with van der Waals surface area (Å²) in [7, 11) is 0. The van der Waals surface area contributed by atoms with E-state index < -0.39 is 5.92 Å². The van der Waals surface area contributed by atoms with Crippen LogP contribution in [0.1, 0.15) is 54.4 Å². The first kappa shape index (κ1) is 21.4. The Balaban J connectivity index is 4.20. The van der Waals surface area contributed by atoms with E-state index in [1.807, 2.05) is 13.8 Å². The van der Waals surface area contributed by atoms with Gasteiger partial charge in [-0.3, -0.25) is 9.79 Å². The Hall–Kier alpha value is -1.60. The van der Waals surface area contributed by atoms with Gasteiger partial charge in [0.1, 0.15) is 5.92 Å². The van der Waals surface area contributed by atoms with Crippen LogP contribution in [-0.2, 0) is 9.53 Å². The number of nitrogens with zero attached hydrogens (tertiary/aromatic N) is 1. The van der Waals surface area contributed by atoms with Crippen LogP contribution in [0, 0.1) is 23.7 Å². The number of carbonyl (C=O) groups is 1. The van der Waals surface area contributed by atoms with Gasteiger partial charge >= 0.3 is 0 Å². The lowest BCUT2D eigenvalue weighted by Crippen LogP contribution is -2.35. The van der Waals surface area contributed by atoms with Gasteiger partial charge in [-0.25, -0.2) is 0 Å². The number of terminal acetylenes is 1. The van der Waals surface area contributed by atoms with Crippen molar-refractivity contribution in [2.75, 3.05) is 13.2 Å². The summed E-state index contributed by atoms with van der Waals surface area (Å²) in [5, 5.41) is 2.86. The van der Waals surface area contributed by atoms with Crippen molar-refractivity contribution in [3.8, 4) is 12.3 Å². The van der Waals surface area contributed by atoms with Crippen LogP contribution in [0.15, 0.2) is 17.3 Å². The zero-order valence-electron chi connectivity index (χ0n) is 15.5. The lowest BCUT2D eigenvalue weighted by molar-refractivity contribution is -0.122. The van der Waals surface area contributed by atoms with Crippen LogP contribution in [0.2, 0.25) is 0 Å². The van der Waals surface area contributed by atoms with Gasteiger partial charge in [-0.1, -0.05) is 26.7 Å². The van der Waals surface area contributed by atoms with Gasteiger partial charge in [0.25, 0.3) is 0 Å². The van der Waals surface area contributed by atoms with Gasteiger partial charge in [-0.15, -0.1) is 6.42 Å². The highest BCUT2D eigenvalue weighted by atomic mass is 16.5. The molecule has 130 valence electrons. The number of hydrogen-bond acceptors (Lipinski definition) is 3. The van der Waals surface area contributed by atoms with E-state index in [0.717, 1.165) is 19.4 Å². The number of aliphatic imine (C=N–C) groups is 1. The summed E-state index contributed by atoms with van der Waals surface area (Å²) in [6.07, 6.45) is 11.9. The largest absolute Gasteiger partial charge is 0.375 e. The molecule has 0 aliphatic carbocycles. The molecule has 0 aliphatic heterocycles. The third kappa shape index (κ3) is 11.6. The third-order valence-electron chi connectivity index (χ3n) is 3.35. The fraction of sp³-hybridized carbons (Fsp3) is 0.684. The Morgan fingerprint density at radius 2 is 1.96 bits per heavy atom. The smallest absolute Gasteiger partial charge is 0.239 e. The number of rotatable bonds is 9. The van der Waals surface area contributed by atoms with Crippen LogP contribution < -0.4 is 5.32 Å². The third-order valence-corrected chi connectivity index (χ3v) is 3.35. The molecule has 0 rings (SSSR count). The Kier molecular flexibility index (Phi) is 9.52. The summed E-state index contributed by atoms with van der Waals surface area (Å²) in [6, 6.07) is 0. The maximum atomic E-state index is 12.0. The standard InChI is InChI=1S/C19H32N2O2/c1-8-16(10-13-20-9-2)17(22)21-14-11-19(6,7)23-15-12-18(3,4)5/h1,9-10,13,16H,11-12,14-15H2,2-7H3,(H,21,22). The average molecular weight is 320 g/mol. The molecule has 4 heteroatoms. The number of amides is 1. The van der Waals surface area contributed by atoms with E-state index in [1.54, 1.807) is 25.4 Å². The van der Waals surface area contributed by atoms with Crippen LogP contribution in [0.25, 0.3) is 0 Å². The van der Waals surface area contributed by atoms with E-state index in [4.69, 9.17) is 11.2 Å². The molecular weight excluding hydrogens is 288 g/mol. The molecule has 0 spiro atoms. The first-order valence-corrected chi connectivity index (χ1v) is 8.13. The van der Waals surface area contributed by atoms with Gasteiger partial charge in [-0.2, -0.15) is 0 Å². The summed E-state index contributed by atoms with van der Waals surface area (Å²) in [4.78, 5) is 15.9. The number of ether oxygens (including phenoxy) is 1. The lowest BCUT2D eigenvalue weighted by atomic mass is 9.93. The van der Waals surface area contributed by atoms with Crippen molar-refractivity contribution in [1.29, 1.82) is 0 Å². The van der Waals surface area contributed by atoms with E-state index in [0.29, 0.717) is 6.54 Å². The first-order chi connectivity index (χ1) is 10.6. The summed E-state index contributed by atoms with van der Waals surface area (Å²) in [5.74, 6) is 1.68. The molecule has 0 radical (unpaired) electrons. The second-order valence-corrected chi connectivity index (χ2v) is 7.35. The normalized spacial score (nSPS) is 14.1. The molecule has 1 atom stereocenters. The van der Waals surface area contributed by atoms with Crippen molar-refractivity contribution < 1.29 is 9.53 Å². The monoisotopic (exact) mass is 320 g/mol. The highest BCUT2D eigenvalue weighted by molar-refractivity contribution is 5.83. The number of carbonyl (C=O) groups excluding carboxylic acids is 1. The number of hydrogen-bond donors (Lipinski definition) is 1. The molecule has 0 aliphatic rings. The van der Waals surface area contributed by atoms with Crippen LogP contribution >= 0.6 is 0 Å². The fourth-order valence-corrected chi connectivity index (χ4v) is 1.74. The molecule has 4 nitrogen and oxygen atoms in total. The Labute approximate surface area is 141 Å². The molecular formula is C19H32N2O2. The molecule has 1 N–H and O–H groups in total.